The molecule has 124 valence electrons. The van der Waals surface area contributed by atoms with Gasteiger partial charge in [0, 0.05) is 24.9 Å². The lowest BCUT2D eigenvalue weighted by atomic mass is 10.1. The van der Waals surface area contributed by atoms with E-state index in [1.807, 2.05) is 0 Å². The van der Waals surface area contributed by atoms with Gasteiger partial charge >= 0.3 is 0 Å². The highest BCUT2D eigenvalue weighted by atomic mass is 19.1. The van der Waals surface area contributed by atoms with Gasteiger partial charge in [-0.1, -0.05) is 25.0 Å². The first-order valence-corrected chi connectivity index (χ1v) is 8.46. The van der Waals surface area contributed by atoms with Crippen molar-refractivity contribution in [2.45, 2.75) is 50.5 Å². The van der Waals surface area contributed by atoms with Crippen LogP contribution in [0.15, 0.2) is 24.3 Å². The molecule has 0 aromatic heterocycles. The Balaban J connectivity index is 1.48. The van der Waals surface area contributed by atoms with Crippen molar-refractivity contribution >= 4 is 11.8 Å². The Morgan fingerprint density at radius 3 is 2.70 bits per heavy atom. The minimum atomic E-state index is -0.245. The molecule has 1 aliphatic carbocycles. The zero-order valence-electron chi connectivity index (χ0n) is 13.3. The van der Waals surface area contributed by atoms with Gasteiger partial charge in [0.15, 0.2) is 0 Å². The third-order valence-electron chi connectivity index (χ3n) is 4.69. The van der Waals surface area contributed by atoms with Gasteiger partial charge in [0.1, 0.15) is 5.82 Å². The largest absolute Gasteiger partial charge is 0.351 e. The first-order valence-electron chi connectivity index (χ1n) is 8.46. The molecule has 2 amide bonds. The van der Waals surface area contributed by atoms with Crippen molar-refractivity contribution in [3.05, 3.63) is 35.6 Å². The van der Waals surface area contributed by atoms with Gasteiger partial charge in [-0.05, 0) is 37.0 Å². The van der Waals surface area contributed by atoms with E-state index in [9.17, 15) is 14.0 Å². The first-order chi connectivity index (χ1) is 11.1. The second-order valence-corrected chi connectivity index (χ2v) is 6.55. The third-order valence-corrected chi connectivity index (χ3v) is 4.69. The number of nitrogens with one attached hydrogen (secondary N) is 1. The molecule has 1 heterocycles. The Labute approximate surface area is 136 Å². The van der Waals surface area contributed by atoms with E-state index in [1.165, 1.54) is 12.1 Å². The molecule has 1 aromatic carbocycles. The van der Waals surface area contributed by atoms with Gasteiger partial charge in [-0.25, -0.2) is 4.39 Å². The first kappa shape index (κ1) is 16.0. The maximum atomic E-state index is 12.9. The maximum Gasteiger partial charge on any atom is 0.239 e. The van der Waals surface area contributed by atoms with E-state index in [0.717, 1.165) is 37.7 Å². The Morgan fingerprint density at radius 2 is 1.91 bits per heavy atom. The van der Waals surface area contributed by atoms with E-state index in [0.29, 0.717) is 13.0 Å². The van der Waals surface area contributed by atoms with Crippen LogP contribution in [0.1, 0.15) is 50.0 Å². The number of carbonyl (C=O) groups is 2. The normalized spacial score (nSPS) is 24.7. The van der Waals surface area contributed by atoms with E-state index >= 15 is 0 Å². The number of carbonyl (C=O) groups excluding carboxylic acids is 2. The van der Waals surface area contributed by atoms with Gasteiger partial charge in [0.25, 0.3) is 0 Å². The maximum absolute atomic E-state index is 12.9. The summed E-state index contributed by atoms with van der Waals surface area (Å²) in [4.78, 5) is 25.9. The lowest BCUT2D eigenvalue weighted by molar-refractivity contribution is -0.136. The third kappa shape index (κ3) is 4.30. The van der Waals surface area contributed by atoms with Crippen LogP contribution < -0.4 is 5.32 Å². The molecule has 2 fully saturated rings. The fraction of sp³-hybridized carbons (Fsp3) is 0.556. The van der Waals surface area contributed by atoms with Crippen molar-refractivity contribution in [2.75, 3.05) is 13.1 Å². The molecule has 0 unspecified atom stereocenters. The molecule has 4 nitrogen and oxygen atoms in total. The molecule has 1 saturated carbocycles. The van der Waals surface area contributed by atoms with Gasteiger partial charge in [0.05, 0.1) is 6.54 Å². The standard InChI is InChI=1S/C18H23FN2O2/c19-14-8-6-13(7-9-14)15-11-16(15)20-17(22)12-21-10-4-2-1-3-5-18(21)23/h6-9,15-16H,1-5,10-12H2,(H,20,22)/t15-,16-/m0/s1. The molecule has 3 rings (SSSR count). The summed E-state index contributed by atoms with van der Waals surface area (Å²) >= 11 is 0. The monoisotopic (exact) mass is 318 g/mol. The molecule has 0 radical (unpaired) electrons. The molecule has 0 spiro atoms. The summed E-state index contributed by atoms with van der Waals surface area (Å²) in [7, 11) is 0. The fourth-order valence-corrected chi connectivity index (χ4v) is 3.24. The number of hydrogen-bond donors (Lipinski definition) is 1. The molecule has 1 aliphatic heterocycles. The highest BCUT2D eigenvalue weighted by molar-refractivity contribution is 5.85. The van der Waals surface area contributed by atoms with Gasteiger partial charge in [-0.2, -0.15) is 0 Å². The van der Waals surface area contributed by atoms with E-state index < -0.39 is 0 Å². The summed E-state index contributed by atoms with van der Waals surface area (Å²) in [6, 6.07) is 6.55. The van der Waals surface area contributed by atoms with E-state index in [-0.39, 0.29) is 36.1 Å². The summed E-state index contributed by atoms with van der Waals surface area (Å²) in [5, 5.41) is 2.99. The van der Waals surface area contributed by atoms with Crippen LogP contribution in [0, 0.1) is 5.82 Å². The second kappa shape index (κ2) is 7.11. The van der Waals surface area contributed by atoms with Crippen molar-refractivity contribution in [1.82, 2.24) is 10.2 Å². The number of benzene rings is 1. The molecule has 23 heavy (non-hydrogen) atoms. The van der Waals surface area contributed by atoms with E-state index in [2.05, 4.69) is 5.32 Å². The minimum Gasteiger partial charge on any atom is -0.351 e. The molecule has 1 saturated heterocycles. The molecule has 1 N–H and O–H groups in total. The number of rotatable bonds is 4. The Hall–Kier alpha value is -1.91. The van der Waals surface area contributed by atoms with Crippen molar-refractivity contribution in [3.8, 4) is 0 Å². The summed E-state index contributed by atoms with van der Waals surface area (Å²) < 4.78 is 12.9. The number of hydrogen-bond acceptors (Lipinski definition) is 2. The zero-order chi connectivity index (χ0) is 16.2. The van der Waals surface area contributed by atoms with Crippen LogP contribution >= 0.6 is 0 Å². The molecule has 2 aliphatic rings. The lowest BCUT2D eigenvalue weighted by Gasteiger charge is -2.24. The Kier molecular flexibility index (Phi) is 4.94. The molecule has 0 bridgehead atoms. The van der Waals surface area contributed by atoms with Crippen molar-refractivity contribution in [3.63, 3.8) is 0 Å². The number of halogens is 1. The predicted molar refractivity (Wildman–Crippen MR) is 85.4 cm³/mol. The summed E-state index contributed by atoms with van der Waals surface area (Å²) in [5.41, 5.74) is 1.05. The summed E-state index contributed by atoms with van der Waals surface area (Å²) in [6.07, 6.45) is 5.56. The molecule has 1 aromatic rings. The van der Waals surface area contributed by atoms with Crippen molar-refractivity contribution in [2.24, 2.45) is 0 Å². The summed E-state index contributed by atoms with van der Waals surface area (Å²) in [6.45, 7) is 0.837. The quantitative estimate of drug-likeness (QED) is 0.927. The minimum absolute atomic E-state index is 0.0886. The molecule has 5 heteroatoms. The topological polar surface area (TPSA) is 49.4 Å². The Morgan fingerprint density at radius 1 is 1.17 bits per heavy atom. The highest BCUT2D eigenvalue weighted by Crippen LogP contribution is 2.40. The zero-order valence-corrected chi connectivity index (χ0v) is 13.3. The smallest absolute Gasteiger partial charge is 0.239 e. The number of likely N-dealkylation sites (tertiary alicyclic amines) is 1. The van der Waals surface area contributed by atoms with E-state index in [1.54, 1.807) is 17.0 Å². The Bertz CT molecular complexity index is 573. The fourth-order valence-electron chi connectivity index (χ4n) is 3.24. The number of nitrogens with zero attached hydrogens (tertiary/aromatic N) is 1. The van der Waals surface area contributed by atoms with Crippen LogP contribution in [-0.2, 0) is 9.59 Å². The molecule has 2 atom stereocenters. The van der Waals surface area contributed by atoms with Gasteiger partial charge in [-0.15, -0.1) is 0 Å². The SMILES string of the molecule is O=C(CN1CCCCCCC1=O)N[C@H]1C[C@H]1c1ccc(F)cc1. The van der Waals surface area contributed by atoms with Crippen LogP contribution in [0.2, 0.25) is 0 Å². The molecular weight excluding hydrogens is 295 g/mol. The average molecular weight is 318 g/mol. The predicted octanol–water partition coefficient (Wildman–Crippen LogP) is 2.59. The van der Waals surface area contributed by atoms with Gasteiger partial charge < -0.3 is 10.2 Å². The van der Waals surface area contributed by atoms with Gasteiger partial charge in [-0.3, -0.25) is 9.59 Å². The van der Waals surface area contributed by atoms with Crippen LogP contribution in [0.3, 0.4) is 0 Å². The van der Waals surface area contributed by atoms with Crippen molar-refractivity contribution < 1.29 is 14.0 Å². The molecular formula is C18H23FN2O2. The second-order valence-electron chi connectivity index (χ2n) is 6.55. The lowest BCUT2D eigenvalue weighted by Crippen LogP contribution is -2.42. The van der Waals surface area contributed by atoms with E-state index in [4.69, 9.17) is 0 Å². The van der Waals surface area contributed by atoms with Crippen LogP contribution in [0.4, 0.5) is 4.39 Å². The van der Waals surface area contributed by atoms with Crippen LogP contribution in [0.25, 0.3) is 0 Å². The van der Waals surface area contributed by atoms with Gasteiger partial charge in [0.2, 0.25) is 11.8 Å². The average Bonchev–Trinajstić information content (AvgIpc) is 3.27. The van der Waals surface area contributed by atoms with Crippen LogP contribution in [0.5, 0.6) is 0 Å². The number of amides is 2. The van der Waals surface area contributed by atoms with Crippen LogP contribution in [-0.4, -0.2) is 35.8 Å². The van der Waals surface area contributed by atoms with Crippen molar-refractivity contribution in [1.29, 1.82) is 0 Å². The highest BCUT2D eigenvalue weighted by Gasteiger charge is 2.39. The summed E-state index contributed by atoms with van der Waals surface area (Å²) in [5.74, 6) is 0.0208.